The van der Waals surface area contributed by atoms with Crippen LogP contribution in [0.4, 0.5) is 4.39 Å². The van der Waals surface area contributed by atoms with Crippen LogP contribution in [-0.2, 0) is 17.6 Å². The number of carbonyl (C=O) groups excluding carboxylic acids is 1. The average molecular weight is 340 g/mol. The Balaban J connectivity index is 1.37. The van der Waals surface area contributed by atoms with Gasteiger partial charge in [0.15, 0.2) is 0 Å². The zero-order valence-electron chi connectivity index (χ0n) is 14.5. The Labute approximate surface area is 148 Å². The molecule has 1 atom stereocenters. The summed E-state index contributed by atoms with van der Waals surface area (Å²) in [5.74, 6) is 0.0683. The summed E-state index contributed by atoms with van der Waals surface area (Å²) in [6.07, 6.45) is 2.28. The fourth-order valence-electron chi connectivity index (χ4n) is 3.35. The molecule has 25 heavy (non-hydrogen) atoms. The summed E-state index contributed by atoms with van der Waals surface area (Å²) in [6, 6.07) is 17.0. The van der Waals surface area contributed by atoms with Crippen molar-refractivity contribution in [2.24, 2.45) is 5.92 Å². The van der Waals surface area contributed by atoms with E-state index in [-0.39, 0.29) is 18.1 Å². The van der Waals surface area contributed by atoms with E-state index in [2.05, 4.69) is 34.5 Å². The first-order valence-corrected chi connectivity index (χ1v) is 8.97. The number of likely N-dealkylation sites (tertiary alicyclic amines) is 1. The molecule has 0 bridgehead atoms. The second-order valence-electron chi connectivity index (χ2n) is 6.76. The number of hydrogen-bond acceptors (Lipinski definition) is 2. The summed E-state index contributed by atoms with van der Waals surface area (Å²) >= 11 is 0. The molecule has 0 radical (unpaired) electrons. The molecule has 1 aliphatic rings. The van der Waals surface area contributed by atoms with E-state index in [0.717, 1.165) is 32.5 Å². The van der Waals surface area contributed by atoms with Crippen LogP contribution in [0, 0.1) is 11.7 Å². The lowest BCUT2D eigenvalue weighted by Gasteiger charge is -2.16. The molecule has 3 nitrogen and oxygen atoms in total. The third-order valence-corrected chi connectivity index (χ3v) is 4.83. The number of amides is 1. The minimum atomic E-state index is -0.314. The smallest absolute Gasteiger partial charge is 0.224 e. The molecule has 1 amide bonds. The van der Waals surface area contributed by atoms with E-state index >= 15 is 0 Å². The molecular weight excluding hydrogens is 315 g/mol. The van der Waals surface area contributed by atoms with E-state index in [1.807, 2.05) is 6.07 Å². The van der Waals surface area contributed by atoms with Gasteiger partial charge in [0.2, 0.25) is 5.91 Å². The first kappa shape index (κ1) is 17.6. The lowest BCUT2D eigenvalue weighted by molar-refractivity contribution is -0.120. The van der Waals surface area contributed by atoms with Crippen LogP contribution < -0.4 is 5.32 Å². The number of nitrogens with one attached hydrogen (secondary N) is 1. The molecule has 4 heteroatoms. The van der Waals surface area contributed by atoms with Gasteiger partial charge in [0.1, 0.15) is 5.82 Å². The molecule has 1 saturated heterocycles. The zero-order chi connectivity index (χ0) is 17.5. The van der Waals surface area contributed by atoms with Crippen LogP contribution in [0.25, 0.3) is 0 Å². The monoisotopic (exact) mass is 340 g/mol. The van der Waals surface area contributed by atoms with E-state index in [4.69, 9.17) is 0 Å². The molecule has 0 saturated carbocycles. The van der Waals surface area contributed by atoms with Crippen molar-refractivity contribution in [1.82, 2.24) is 10.2 Å². The van der Waals surface area contributed by atoms with E-state index in [0.29, 0.717) is 18.0 Å². The molecule has 0 unspecified atom stereocenters. The summed E-state index contributed by atoms with van der Waals surface area (Å²) in [6.45, 7) is 3.84. The third kappa shape index (κ3) is 5.40. The highest BCUT2D eigenvalue weighted by Crippen LogP contribution is 2.16. The number of halogens is 1. The molecule has 132 valence electrons. The van der Waals surface area contributed by atoms with Crippen LogP contribution >= 0.6 is 0 Å². The molecule has 0 aliphatic carbocycles. The van der Waals surface area contributed by atoms with Gasteiger partial charge >= 0.3 is 0 Å². The Morgan fingerprint density at radius 1 is 1.12 bits per heavy atom. The van der Waals surface area contributed by atoms with Crippen molar-refractivity contribution in [1.29, 1.82) is 0 Å². The van der Waals surface area contributed by atoms with Gasteiger partial charge < -0.3 is 10.2 Å². The summed E-state index contributed by atoms with van der Waals surface area (Å²) in [5, 5.41) is 2.96. The van der Waals surface area contributed by atoms with Gasteiger partial charge in [0, 0.05) is 19.6 Å². The lowest BCUT2D eigenvalue weighted by Crippen LogP contribution is -2.32. The highest BCUT2D eigenvalue weighted by molar-refractivity contribution is 5.78. The van der Waals surface area contributed by atoms with Gasteiger partial charge in [0.25, 0.3) is 0 Å². The zero-order valence-corrected chi connectivity index (χ0v) is 14.5. The van der Waals surface area contributed by atoms with Gasteiger partial charge in [0.05, 0.1) is 6.42 Å². The van der Waals surface area contributed by atoms with E-state index < -0.39 is 0 Å². The maximum Gasteiger partial charge on any atom is 0.224 e. The van der Waals surface area contributed by atoms with Crippen LogP contribution in [0.1, 0.15) is 17.5 Å². The van der Waals surface area contributed by atoms with Crippen LogP contribution in [0.5, 0.6) is 0 Å². The normalized spacial score (nSPS) is 17.6. The molecule has 2 aromatic carbocycles. The summed E-state index contributed by atoms with van der Waals surface area (Å²) in [7, 11) is 0. The Hall–Kier alpha value is -2.20. The first-order chi connectivity index (χ1) is 12.2. The second kappa shape index (κ2) is 8.77. The number of hydrogen-bond donors (Lipinski definition) is 1. The quantitative estimate of drug-likeness (QED) is 0.840. The predicted octanol–water partition coefficient (Wildman–Crippen LogP) is 3.05. The van der Waals surface area contributed by atoms with Crippen LogP contribution in [0.2, 0.25) is 0 Å². The number of nitrogens with zero attached hydrogens (tertiary/aromatic N) is 1. The highest BCUT2D eigenvalue weighted by Gasteiger charge is 2.22. The molecule has 0 spiro atoms. The van der Waals surface area contributed by atoms with Crippen molar-refractivity contribution in [2.75, 3.05) is 26.2 Å². The fourth-order valence-corrected chi connectivity index (χ4v) is 3.35. The Kier molecular flexibility index (Phi) is 6.18. The van der Waals surface area contributed by atoms with E-state index in [1.54, 1.807) is 18.2 Å². The molecular formula is C21H25FN2O. The molecule has 0 aromatic heterocycles. The number of rotatable bonds is 7. The van der Waals surface area contributed by atoms with E-state index in [9.17, 15) is 9.18 Å². The first-order valence-electron chi connectivity index (χ1n) is 8.97. The number of benzene rings is 2. The molecule has 1 aliphatic heterocycles. The lowest BCUT2D eigenvalue weighted by atomic mass is 10.1. The summed E-state index contributed by atoms with van der Waals surface area (Å²) < 4.78 is 13.6. The maximum atomic E-state index is 13.6. The second-order valence-corrected chi connectivity index (χ2v) is 6.76. The van der Waals surface area contributed by atoms with Gasteiger partial charge in [-0.1, -0.05) is 48.5 Å². The van der Waals surface area contributed by atoms with Crippen LogP contribution in [0.15, 0.2) is 54.6 Å². The molecule has 2 aromatic rings. The molecule has 3 rings (SSSR count). The maximum absolute atomic E-state index is 13.6. The van der Waals surface area contributed by atoms with Crippen molar-refractivity contribution in [3.63, 3.8) is 0 Å². The standard InChI is InChI=1S/C21H25FN2O/c22-20-9-5-4-8-19(20)14-21(25)23-15-18-11-13-24(16-18)12-10-17-6-2-1-3-7-17/h1-9,18H,10-16H2,(H,23,25)/t18-/m0/s1. The SMILES string of the molecule is O=C(Cc1ccccc1F)NC[C@@H]1CCN(CCc2ccccc2)C1. The fraction of sp³-hybridized carbons (Fsp3) is 0.381. The van der Waals surface area contributed by atoms with Crippen molar-refractivity contribution in [3.05, 3.63) is 71.5 Å². The minimum Gasteiger partial charge on any atom is -0.355 e. The van der Waals surface area contributed by atoms with Gasteiger partial charge in [-0.2, -0.15) is 0 Å². The molecule has 1 N–H and O–H groups in total. The van der Waals surface area contributed by atoms with Crippen molar-refractivity contribution >= 4 is 5.91 Å². The third-order valence-electron chi connectivity index (χ3n) is 4.83. The highest BCUT2D eigenvalue weighted by atomic mass is 19.1. The van der Waals surface area contributed by atoms with Gasteiger partial charge in [-0.15, -0.1) is 0 Å². The molecule has 1 heterocycles. The van der Waals surface area contributed by atoms with Crippen LogP contribution in [0.3, 0.4) is 0 Å². The predicted molar refractivity (Wildman–Crippen MR) is 97.8 cm³/mol. The van der Waals surface area contributed by atoms with E-state index in [1.165, 1.54) is 11.6 Å². The van der Waals surface area contributed by atoms with Crippen molar-refractivity contribution < 1.29 is 9.18 Å². The molecule has 1 fully saturated rings. The Bertz CT molecular complexity index is 689. The Morgan fingerprint density at radius 3 is 2.68 bits per heavy atom. The topological polar surface area (TPSA) is 32.3 Å². The van der Waals surface area contributed by atoms with Crippen molar-refractivity contribution in [2.45, 2.75) is 19.3 Å². The van der Waals surface area contributed by atoms with Crippen LogP contribution in [-0.4, -0.2) is 37.0 Å². The van der Waals surface area contributed by atoms with Gasteiger partial charge in [-0.3, -0.25) is 4.79 Å². The minimum absolute atomic E-state index is 0.104. The summed E-state index contributed by atoms with van der Waals surface area (Å²) in [5.41, 5.74) is 1.82. The number of carbonyl (C=O) groups is 1. The van der Waals surface area contributed by atoms with Crippen molar-refractivity contribution in [3.8, 4) is 0 Å². The average Bonchev–Trinajstić information content (AvgIpc) is 3.09. The summed E-state index contributed by atoms with van der Waals surface area (Å²) in [4.78, 5) is 14.5. The largest absolute Gasteiger partial charge is 0.355 e. The van der Waals surface area contributed by atoms with Gasteiger partial charge in [-0.25, -0.2) is 4.39 Å². The Morgan fingerprint density at radius 2 is 1.88 bits per heavy atom. The van der Waals surface area contributed by atoms with Gasteiger partial charge in [-0.05, 0) is 42.5 Å².